The molecule has 0 saturated carbocycles. The zero-order chi connectivity index (χ0) is 12.9. The molecule has 0 nitrogen and oxygen atoms in total. The summed E-state index contributed by atoms with van der Waals surface area (Å²) in [5.41, 5.74) is 0. The van der Waals surface area contributed by atoms with E-state index in [1.165, 1.54) is 14.7 Å². The summed E-state index contributed by atoms with van der Waals surface area (Å²) < 4.78 is 0. The Bertz CT molecular complexity index is 529. The number of rotatable bonds is 3. The largest absolute Gasteiger partial charge is 3.00 e. The van der Waals surface area contributed by atoms with E-state index in [2.05, 4.69) is 91.0 Å². The molecule has 3 aromatic rings. The number of benzene rings is 3. The van der Waals surface area contributed by atoms with Crippen LogP contribution in [0.1, 0.15) is 0 Å². The molecule has 2 radical (unpaired) electrons. The molecule has 20 heavy (non-hydrogen) atoms. The minimum absolute atomic E-state index is 0. The standard InChI is InChI=1S/C18H15S.Sb/c1-4-10-16(11-5-1)19(17-12-6-2-7-13-17)18-14-8-3-9-15-18;/h1-15H;/q+1;+3. The van der Waals surface area contributed by atoms with Crippen molar-refractivity contribution in [2.75, 3.05) is 0 Å². The summed E-state index contributed by atoms with van der Waals surface area (Å²) in [7, 11) is -0.0146. The molecule has 0 fully saturated rings. The van der Waals surface area contributed by atoms with Gasteiger partial charge in [-0.1, -0.05) is 54.6 Å². The third-order valence-corrected chi connectivity index (χ3v) is 5.17. The molecule has 0 aliphatic rings. The SMILES string of the molecule is [Sb+3].c1ccc([S+](c2ccccc2)c2ccccc2)cc1. The van der Waals surface area contributed by atoms with E-state index >= 15 is 0 Å². The van der Waals surface area contributed by atoms with E-state index in [1.54, 1.807) is 0 Å². The van der Waals surface area contributed by atoms with Crippen LogP contribution in [0.2, 0.25) is 0 Å². The Kier molecular flexibility index (Phi) is 5.76. The van der Waals surface area contributed by atoms with Gasteiger partial charge in [-0.3, -0.25) is 0 Å². The van der Waals surface area contributed by atoms with E-state index in [0.717, 1.165) is 0 Å². The van der Waals surface area contributed by atoms with Crippen molar-refractivity contribution in [2.24, 2.45) is 0 Å². The predicted molar refractivity (Wildman–Crippen MR) is 87.2 cm³/mol. The Hall–Kier alpha value is -1.17. The van der Waals surface area contributed by atoms with Gasteiger partial charge in [0, 0.05) is 0 Å². The molecule has 0 bridgehead atoms. The fourth-order valence-electron chi connectivity index (χ4n) is 2.08. The van der Waals surface area contributed by atoms with Crippen molar-refractivity contribution < 1.29 is 0 Å². The molecule has 94 valence electrons. The molecule has 0 spiro atoms. The van der Waals surface area contributed by atoms with Gasteiger partial charge in [-0.05, 0) is 36.4 Å². The van der Waals surface area contributed by atoms with Crippen molar-refractivity contribution in [1.29, 1.82) is 0 Å². The van der Waals surface area contributed by atoms with Crippen LogP contribution in [0, 0.1) is 0 Å². The van der Waals surface area contributed by atoms with Crippen LogP contribution in [-0.2, 0) is 10.9 Å². The molecule has 0 aromatic heterocycles. The summed E-state index contributed by atoms with van der Waals surface area (Å²) in [5.74, 6) is 0. The van der Waals surface area contributed by atoms with Gasteiger partial charge < -0.3 is 0 Å². The second kappa shape index (κ2) is 7.57. The maximum Gasteiger partial charge on any atom is 3.00 e. The molecular weight excluding hydrogens is 370 g/mol. The molecule has 0 heterocycles. The second-order valence-electron chi connectivity index (χ2n) is 4.25. The number of hydrogen-bond donors (Lipinski definition) is 0. The summed E-state index contributed by atoms with van der Waals surface area (Å²) >= 11 is 0. The Labute approximate surface area is 140 Å². The van der Waals surface area contributed by atoms with Crippen LogP contribution in [0.25, 0.3) is 0 Å². The van der Waals surface area contributed by atoms with E-state index in [0.29, 0.717) is 0 Å². The third-order valence-electron chi connectivity index (χ3n) is 2.94. The molecule has 0 atom stereocenters. The first-order valence-electron chi connectivity index (χ1n) is 6.34. The van der Waals surface area contributed by atoms with Crippen LogP contribution in [0.5, 0.6) is 0 Å². The van der Waals surface area contributed by atoms with Crippen molar-refractivity contribution in [3.8, 4) is 0 Å². The van der Waals surface area contributed by atoms with E-state index in [-0.39, 0.29) is 35.3 Å². The molecule has 3 aromatic carbocycles. The van der Waals surface area contributed by atoms with Crippen LogP contribution >= 0.6 is 0 Å². The molecule has 0 amide bonds. The maximum absolute atomic E-state index is 2.21. The van der Waals surface area contributed by atoms with Gasteiger partial charge in [0.2, 0.25) is 0 Å². The predicted octanol–water partition coefficient (Wildman–Crippen LogP) is 4.40. The van der Waals surface area contributed by atoms with Crippen molar-refractivity contribution in [3.63, 3.8) is 0 Å². The topological polar surface area (TPSA) is 0 Å². The average Bonchev–Trinajstić information content (AvgIpc) is 2.51. The zero-order valence-corrected chi connectivity index (χ0v) is 14.4. The maximum atomic E-state index is 2.21. The van der Waals surface area contributed by atoms with Gasteiger partial charge in [-0.2, -0.15) is 0 Å². The smallest absolute Gasteiger partial charge is 0.0619 e. The Balaban J connectivity index is 0.00000147. The zero-order valence-electron chi connectivity index (χ0n) is 11.0. The summed E-state index contributed by atoms with van der Waals surface area (Å²) in [6.07, 6.45) is 0. The summed E-state index contributed by atoms with van der Waals surface area (Å²) in [4.78, 5) is 4.08. The molecule has 3 rings (SSSR count). The van der Waals surface area contributed by atoms with Crippen LogP contribution in [0.4, 0.5) is 0 Å². The van der Waals surface area contributed by atoms with Gasteiger partial charge in [0.05, 0.1) is 10.9 Å². The van der Waals surface area contributed by atoms with Crippen LogP contribution in [-0.4, -0.2) is 24.4 Å². The minimum atomic E-state index is -0.0146. The van der Waals surface area contributed by atoms with Crippen LogP contribution < -0.4 is 0 Å². The third kappa shape index (κ3) is 3.48. The van der Waals surface area contributed by atoms with Gasteiger partial charge in [-0.25, -0.2) is 0 Å². The van der Waals surface area contributed by atoms with Gasteiger partial charge in [0.25, 0.3) is 0 Å². The molecule has 0 unspecified atom stereocenters. The molecule has 2 heteroatoms. The first kappa shape index (κ1) is 15.2. The fourth-order valence-corrected chi connectivity index (χ4v) is 4.18. The van der Waals surface area contributed by atoms with E-state index in [4.69, 9.17) is 0 Å². The van der Waals surface area contributed by atoms with Gasteiger partial charge in [0.1, 0.15) is 0 Å². The van der Waals surface area contributed by atoms with Crippen LogP contribution in [0.15, 0.2) is 106 Å². The Morgan fingerprint density at radius 2 is 0.650 bits per heavy atom. The molecule has 0 aliphatic carbocycles. The molecule has 0 N–H and O–H groups in total. The second-order valence-corrected chi connectivity index (χ2v) is 6.27. The molecule has 0 saturated heterocycles. The van der Waals surface area contributed by atoms with Crippen molar-refractivity contribution in [3.05, 3.63) is 91.0 Å². The van der Waals surface area contributed by atoms with E-state index in [9.17, 15) is 0 Å². The summed E-state index contributed by atoms with van der Waals surface area (Å²) in [6.45, 7) is 0. The first-order valence-corrected chi connectivity index (χ1v) is 7.57. The van der Waals surface area contributed by atoms with Gasteiger partial charge in [-0.15, -0.1) is 0 Å². The van der Waals surface area contributed by atoms with E-state index in [1.807, 2.05) is 0 Å². The normalized spacial score (nSPS) is 10.1. The summed E-state index contributed by atoms with van der Waals surface area (Å²) in [5, 5.41) is 0. The van der Waals surface area contributed by atoms with Gasteiger partial charge >= 0.3 is 24.4 Å². The monoisotopic (exact) mass is 384 g/mol. The number of hydrogen-bond acceptors (Lipinski definition) is 0. The van der Waals surface area contributed by atoms with Crippen molar-refractivity contribution in [1.82, 2.24) is 0 Å². The Morgan fingerprint density at radius 3 is 0.900 bits per heavy atom. The van der Waals surface area contributed by atoms with Crippen molar-refractivity contribution in [2.45, 2.75) is 14.7 Å². The molecular formula is C18H15SSb+4. The fraction of sp³-hybridized carbons (Fsp3) is 0. The van der Waals surface area contributed by atoms with Gasteiger partial charge in [0.15, 0.2) is 14.7 Å². The first-order chi connectivity index (χ1) is 9.45. The minimum Gasteiger partial charge on any atom is -0.0619 e. The molecule has 0 aliphatic heterocycles. The van der Waals surface area contributed by atoms with Crippen molar-refractivity contribution >= 4 is 35.3 Å². The van der Waals surface area contributed by atoms with Crippen LogP contribution in [0.3, 0.4) is 0 Å². The summed E-state index contributed by atoms with van der Waals surface area (Å²) in [6, 6.07) is 32.2. The average molecular weight is 385 g/mol. The van der Waals surface area contributed by atoms with E-state index < -0.39 is 0 Å². The quantitative estimate of drug-likeness (QED) is 0.463. The Morgan fingerprint density at radius 1 is 0.400 bits per heavy atom.